The third-order valence-electron chi connectivity index (χ3n) is 6.17. The van der Waals surface area contributed by atoms with Gasteiger partial charge in [0.15, 0.2) is 0 Å². The molecule has 0 radical (unpaired) electrons. The zero-order valence-electron chi connectivity index (χ0n) is 20.8. The summed E-state index contributed by atoms with van der Waals surface area (Å²) in [5, 5.41) is 7.81. The van der Waals surface area contributed by atoms with Crippen molar-refractivity contribution in [2.75, 3.05) is 18.4 Å². The van der Waals surface area contributed by atoms with Crippen molar-refractivity contribution < 1.29 is 18.7 Å². The highest BCUT2D eigenvalue weighted by Crippen LogP contribution is 2.34. The molecule has 2 amide bonds. The van der Waals surface area contributed by atoms with Crippen molar-refractivity contribution in [3.05, 3.63) is 76.3 Å². The van der Waals surface area contributed by atoms with Crippen molar-refractivity contribution in [2.45, 2.75) is 52.1 Å². The molecule has 1 aliphatic rings. The van der Waals surface area contributed by atoms with Gasteiger partial charge in [0.05, 0.1) is 28.8 Å². The van der Waals surface area contributed by atoms with Crippen LogP contribution in [0.1, 0.15) is 61.1 Å². The van der Waals surface area contributed by atoms with Gasteiger partial charge in [0.1, 0.15) is 11.4 Å². The number of para-hydroxylation sites is 1. The number of ether oxygens (including phenoxy) is 1. The first kappa shape index (κ1) is 25.7. The Hall–Kier alpha value is -3.39. The molecular weight excluding hydrogens is 483 g/mol. The molecule has 3 aromatic rings. The number of piperidine rings is 1. The van der Waals surface area contributed by atoms with Gasteiger partial charge in [-0.15, -0.1) is 0 Å². The van der Waals surface area contributed by atoms with Gasteiger partial charge in [0, 0.05) is 24.0 Å². The number of amides is 2. The Morgan fingerprint density at radius 2 is 1.81 bits per heavy atom. The number of carbonyl (C=O) groups excluding carboxylic acids is 2. The molecule has 4 rings (SSSR count). The van der Waals surface area contributed by atoms with E-state index in [4.69, 9.17) is 16.3 Å². The Bertz CT molecular complexity index is 1280. The number of rotatable bonds is 4. The number of nitrogens with one attached hydrogen (secondary N) is 1. The molecule has 2 heterocycles. The predicted octanol–water partition coefficient (Wildman–Crippen LogP) is 6.34. The number of hydrogen-bond donors (Lipinski definition) is 1. The van der Waals surface area contributed by atoms with Crippen LogP contribution in [0.4, 0.5) is 14.9 Å². The van der Waals surface area contributed by atoms with Crippen LogP contribution in [0.3, 0.4) is 0 Å². The van der Waals surface area contributed by atoms with E-state index in [9.17, 15) is 14.0 Å². The lowest BCUT2D eigenvalue weighted by molar-refractivity contribution is 0.0203. The molecule has 2 aromatic carbocycles. The van der Waals surface area contributed by atoms with Crippen molar-refractivity contribution in [1.82, 2.24) is 14.7 Å². The maximum Gasteiger partial charge on any atom is 0.410 e. The number of likely N-dealkylation sites (tertiary alicyclic amines) is 1. The zero-order chi connectivity index (χ0) is 26.0. The van der Waals surface area contributed by atoms with E-state index in [0.717, 1.165) is 11.3 Å². The molecule has 1 N–H and O–H groups in total. The first-order valence-electron chi connectivity index (χ1n) is 11.9. The average molecular weight is 513 g/mol. The molecule has 0 unspecified atom stereocenters. The molecule has 1 aromatic heterocycles. The summed E-state index contributed by atoms with van der Waals surface area (Å²) in [5.74, 6) is -1.03. The molecule has 0 saturated carbocycles. The van der Waals surface area contributed by atoms with Gasteiger partial charge in [-0.25, -0.2) is 13.9 Å². The normalized spacial score (nSPS) is 14.6. The van der Waals surface area contributed by atoms with Crippen molar-refractivity contribution in [3.63, 3.8) is 0 Å². The summed E-state index contributed by atoms with van der Waals surface area (Å²) in [6, 6.07) is 11.6. The lowest BCUT2D eigenvalue weighted by Crippen LogP contribution is -2.41. The van der Waals surface area contributed by atoms with Crippen LogP contribution in [0.5, 0.6) is 0 Å². The lowest BCUT2D eigenvalue weighted by Gasteiger charge is -2.34. The Morgan fingerprint density at radius 1 is 1.11 bits per heavy atom. The Morgan fingerprint density at radius 3 is 2.47 bits per heavy atom. The maximum atomic E-state index is 14.2. The summed E-state index contributed by atoms with van der Waals surface area (Å²) >= 11 is 6.38. The van der Waals surface area contributed by atoms with E-state index in [1.807, 2.05) is 39.8 Å². The highest BCUT2D eigenvalue weighted by atomic mass is 35.5. The van der Waals surface area contributed by atoms with Gasteiger partial charge < -0.3 is 15.0 Å². The molecule has 1 saturated heterocycles. The van der Waals surface area contributed by atoms with E-state index < -0.39 is 17.3 Å². The third kappa shape index (κ3) is 5.54. The van der Waals surface area contributed by atoms with E-state index in [0.29, 0.717) is 42.2 Å². The average Bonchev–Trinajstić information content (AvgIpc) is 3.26. The van der Waals surface area contributed by atoms with E-state index in [2.05, 4.69) is 10.4 Å². The fraction of sp³-hybridized carbons (Fsp3) is 0.370. The maximum absolute atomic E-state index is 14.2. The first-order chi connectivity index (χ1) is 17.0. The van der Waals surface area contributed by atoms with E-state index in [1.165, 1.54) is 18.3 Å². The highest BCUT2D eigenvalue weighted by Gasteiger charge is 2.32. The Labute approximate surface area is 215 Å². The summed E-state index contributed by atoms with van der Waals surface area (Å²) in [4.78, 5) is 27.6. The fourth-order valence-electron chi connectivity index (χ4n) is 4.36. The molecule has 0 aliphatic carbocycles. The van der Waals surface area contributed by atoms with Crippen LogP contribution in [0.2, 0.25) is 5.02 Å². The zero-order valence-corrected chi connectivity index (χ0v) is 21.6. The van der Waals surface area contributed by atoms with Crippen LogP contribution in [-0.4, -0.2) is 45.4 Å². The number of carbonyl (C=O) groups is 2. The van der Waals surface area contributed by atoms with Crippen LogP contribution >= 0.6 is 11.6 Å². The topological polar surface area (TPSA) is 76.5 Å². The SMILES string of the molecule is Cc1c(Cl)cccc1-n1ncc(C(=O)Nc2ccccc2F)c1C1CCN(C(=O)OC(C)(C)C)CC1. The smallest absolute Gasteiger partial charge is 0.410 e. The number of aromatic nitrogens is 2. The number of hydrogen-bond acceptors (Lipinski definition) is 4. The minimum atomic E-state index is -0.575. The first-order valence-corrected chi connectivity index (χ1v) is 12.3. The van der Waals surface area contributed by atoms with Crippen molar-refractivity contribution >= 4 is 29.3 Å². The molecule has 0 bridgehead atoms. The van der Waals surface area contributed by atoms with Crippen LogP contribution in [0.15, 0.2) is 48.7 Å². The van der Waals surface area contributed by atoms with Crippen LogP contribution in [0, 0.1) is 12.7 Å². The quantitative estimate of drug-likeness (QED) is 0.442. The number of benzene rings is 2. The van der Waals surface area contributed by atoms with Gasteiger partial charge in [-0.1, -0.05) is 29.8 Å². The van der Waals surface area contributed by atoms with Crippen LogP contribution in [0.25, 0.3) is 5.69 Å². The van der Waals surface area contributed by atoms with Gasteiger partial charge in [-0.05, 0) is 70.4 Å². The fourth-order valence-corrected chi connectivity index (χ4v) is 4.53. The molecule has 1 aliphatic heterocycles. The second kappa shape index (κ2) is 10.3. The molecular formula is C27H30ClFN4O3. The van der Waals surface area contributed by atoms with E-state index >= 15 is 0 Å². The molecule has 0 atom stereocenters. The summed E-state index contributed by atoms with van der Waals surface area (Å²) < 4.78 is 21.5. The van der Waals surface area contributed by atoms with Gasteiger partial charge >= 0.3 is 6.09 Å². The second-order valence-electron chi connectivity index (χ2n) is 9.91. The summed E-state index contributed by atoms with van der Waals surface area (Å²) in [7, 11) is 0. The van der Waals surface area contributed by atoms with Crippen LogP contribution in [-0.2, 0) is 4.74 Å². The van der Waals surface area contributed by atoms with Gasteiger partial charge in [-0.2, -0.15) is 5.10 Å². The largest absolute Gasteiger partial charge is 0.444 e. The third-order valence-corrected chi connectivity index (χ3v) is 6.58. The summed E-state index contributed by atoms with van der Waals surface area (Å²) in [6.45, 7) is 8.37. The highest BCUT2D eigenvalue weighted by molar-refractivity contribution is 6.31. The predicted molar refractivity (Wildman–Crippen MR) is 137 cm³/mol. The summed E-state index contributed by atoms with van der Waals surface area (Å²) in [6.07, 6.45) is 2.39. The molecule has 9 heteroatoms. The van der Waals surface area contributed by atoms with Gasteiger partial charge in [0.2, 0.25) is 0 Å². The molecule has 190 valence electrons. The number of halogens is 2. The van der Waals surface area contributed by atoms with Crippen molar-refractivity contribution in [2.24, 2.45) is 0 Å². The minimum Gasteiger partial charge on any atom is -0.444 e. The van der Waals surface area contributed by atoms with Crippen molar-refractivity contribution in [1.29, 1.82) is 0 Å². The lowest BCUT2D eigenvalue weighted by atomic mass is 9.90. The van der Waals surface area contributed by atoms with E-state index in [-0.39, 0.29) is 17.7 Å². The van der Waals surface area contributed by atoms with Gasteiger partial charge in [-0.3, -0.25) is 4.79 Å². The molecule has 36 heavy (non-hydrogen) atoms. The standard InChI is InChI=1S/C27H30ClFN4O3/c1-17-20(28)8-7-11-23(17)33-24(18-12-14-32(15-13-18)26(35)36-27(2,3)4)19(16-30-33)25(34)31-22-10-6-5-9-21(22)29/h5-11,16,18H,12-15H2,1-4H3,(H,31,34). The van der Waals surface area contributed by atoms with E-state index in [1.54, 1.807) is 27.8 Å². The molecule has 7 nitrogen and oxygen atoms in total. The number of anilines is 1. The van der Waals surface area contributed by atoms with Gasteiger partial charge in [0.25, 0.3) is 5.91 Å². The Balaban J connectivity index is 1.66. The van der Waals surface area contributed by atoms with Crippen molar-refractivity contribution in [3.8, 4) is 5.69 Å². The number of nitrogens with zero attached hydrogens (tertiary/aromatic N) is 3. The van der Waals surface area contributed by atoms with Crippen LogP contribution < -0.4 is 5.32 Å². The summed E-state index contributed by atoms with van der Waals surface area (Å²) in [5.41, 5.74) is 2.17. The Kier molecular flexibility index (Phi) is 7.36. The minimum absolute atomic E-state index is 0.0639. The second-order valence-corrected chi connectivity index (χ2v) is 10.3. The molecule has 1 fully saturated rings. The molecule has 0 spiro atoms. The monoisotopic (exact) mass is 512 g/mol.